The van der Waals surface area contributed by atoms with Crippen LogP contribution in [0.3, 0.4) is 0 Å². The lowest BCUT2D eigenvalue weighted by molar-refractivity contribution is 0.315. The second-order valence-corrected chi connectivity index (χ2v) is 4.44. The summed E-state index contributed by atoms with van der Waals surface area (Å²) in [5, 5.41) is 0. The van der Waals surface area contributed by atoms with Crippen molar-refractivity contribution in [2.75, 3.05) is 37.8 Å². The van der Waals surface area contributed by atoms with Gasteiger partial charge in [0.25, 0.3) is 0 Å². The smallest absolute Gasteiger partial charge is 0.0368 e. The molecular formula is C12H19N3. The molecule has 2 N–H and O–H groups in total. The zero-order valence-corrected chi connectivity index (χ0v) is 9.48. The summed E-state index contributed by atoms with van der Waals surface area (Å²) in [6.45, 7) is 2.27. The SMILES string of the molecule is CN(C)C1CCN(c2ccc(N)cc2)C1. The highest BCUT2D eigenvalue weighted by Gasteiger charge is 2.23. The average Bonchev–Trinajstić information content (AvgIpc) is 2.68. The standard InChI is InChI=1S/C12H19N3/c1-14(2)12-7-8-15(9-12)11-5-3-10(13)4-6-11/h3-6,12H,7-9,13H2,1-2H3. The van der Waals surface area contributed by atoms with E-state index < -0.39 is 0 Å². The zero-order valence-electron chi connectivity index (χ0n) is 9.48. The number of nitrogens with two attached hydrogens (primary N) is 1. The van der Waals surface area contributed by atoms with Crippen LogP contribution in [0.2, 0.25) is 0 Å². The molecule has 1 aromatic carbocycles. The molecule has 0 aromatic heterocycles. The maximum Gasteiger partial charge on any atom is 0.0368 e. The zero-order chi connectivity index (χ0) is 10.8. The molecule has 1 saturated heterocycles. The number of anilines is 2. The van der Waals surface area contributed by atoms with Crippen LogP contribution in [0.5, 0.6) is 0 Å². The predicted octanol–water partition coefficient (Wildman–Crippen LogP) is 1.41. The van der Waals surface area contributed by atoms with E-state index in [-0.39, 0.29) is 0 Å². The van der Waals surface area contributed by atoms with E-state index in [1.807, 2.05) is 12.1 Å². The molecule has 1 heterocycles. The van der Waals surface area contributed by atoms with Crippen molar-refractivity contribution in [2.24, 2.45) is 0 Å². The number of rotatable bonds is 2. The van der Waals surface area contributed by atoms with E-state index in [0.29, 0.717) is 6.04 Å². The molecule has 0 saturated carbocycles. The highest BCUT2D eigenvalue weighted by molar-refractivity contribution is 5.53. The average molecular weight is 205 g/mol. The van der Waals surface area contributed by atoms with Crippen molar-refractivity contribution in [3.05, 3.63) is 24.3 Å². The van der Waals surface area contributed by atoms with Crippen molar-refractivity contribution in [2.45, 2.75) is 12.5 Å². The Kier molecular flexibility index (Phi) is 2.82. The van der Waals surface area contributed by atoms with Crippen molar-refractivity contribution < 1.29 is 0 Å². The minimum Gasteiger partial charge on any atom is -0.399 e. The van der Waals surface area contributed by atoms with Crippen LogP contribution < -0.4 is 10.6 Å². The topological polar surface area (TPSA) is 32.5 Å². The summed E-state index contributed by atoms with van der Waals surface area (Å²) >= 11 is 0. The molecule has 0 aliphatic carbocycles. The number of hydrogen-bond donors (Lipinski definition) is 1. The molecule has 82 valence electrons. The first-order valence-electron chi connectivity index (χ1n) is 5.44. The predicted molar refractivity (Wildman–Crippen MR) is 65.2 cm³/mol. The summed E-state index contributed by atoms with van der Waals surface area (Å²) in [4.78, 5) is 4.72. The van der Waals surface area contributed by atoms with E-state index in [1.54, 1.807) is 0 Å². The van der Waals surface area contributed by atoms with Gasteiger partial charge in [-0.2, -0.15) is 0 Å². The third-order valence-electron chi connectivity index (χ3n) is 3.15. The second-order valence-electron chi connectivity index (χ2n) is 4.44. The molecule has 3 heteroatoms. The maximum absolute atomic E-state index is 5.67. The fraction of sp³-hybridized carbons (Fsp3) is 0.500. The lowest BCUT2D eigenvalue weighted by Gasteiger charge is -2.21. The van der Waals surface area contributed by atoms with E-state index in [9.17, 15) is 0 Å². The Labute approximate surface area is 91.5 Å². The summed E-state index contributed by atoms with van der Waals surface area (Å²) in [7, 11) is 4.30. The van der Waals surface area contributed by atoms with Gasteiger partial charge in [0.15, 0.2) is 0 Å². The lowest BCUT2D eigenvalue weighted by Crippen LogP contribution is -2.31. The van der Waals surface area contributed by atoms with Crippen LogP contribution in [-0.4, -0.2) is 38.1 Å². The molecule has 0 amide bonds. The molecule has 0 bridgehead atoms. The molecule has 0 radical (unpaired) electrons. The molecule has 2 rings (SSSR count). The van der Waals surface area contributed by atoms with Crippen LogP contribution in [0.15, 0.2) is 24.3 Å². The largest absolute Gasteiger partial charge is 0.399 e. The number of nitrogens with zero attached hydrogens (tertiary/aromatic N) is 2. The second kappa shape index (κ2) is 4.11. The summed E-state index contributed by atoms with van der Waals surface area (Å²) in [6, 6.07) is 8.83. The van der Waals surface area contributed by atoms with E-state index in [2.05, 4.69) is 36.0 Å². The fourth-order valence-corrected chi connectivity index (χ4v) is 2.08. The summed E-state index contributed by atoms with van der Waals surface area (Å²) in [5.74, 6) is 0. The monoisotopic (exact) mass is 205 g/mol. The van der Waals surface area contributed by atoms with Crippen molar-refractivity contribution in [1.82, 2.24) is 4.90 Å². The molecular weight excluding hydrogens is 186 g/mol. The van der Waals surface area contributed by atoms with Crippen LogP contribution in [-0.2, 0) is 0 Å². The van der Waals surface area contributed by atoms with Gasteiger partial charge in [0.2, 0.25) is 0 Å². The van der Waals surface area contributed by atoms with Crippen LogP contribution in [0.4, 0.5) is 11.4 Å². The summed E-state index contributed by atoms with van der Waals surface area (Å²) < 4.78 is 0. The lowest BCUT2D eigenvalue weighted by atomic mass is 10.2. The van der Waals surface area contributed by atoms with Crippen molar-refractivity contribution in [1.29, 1.82) is 0 Å². The molecule has 1 aliphatic heterocycles. The molecule has 1 aromatic rings. The Morgan fingerprint density at radius 1 is 1.27 bits per heavy atom. The quantitative estimate of drug-likeness (QED) is 0.741. The van der Waals surface area contributed by atoms with Crippen LogP contribution in [0.1, 0.15) is 6.42 Å². The van der Waals surface area contributed by atoms with E-state index in [4.69, 9.17) is 5.73 Å². The van der Waals surface area contributed by atoms with Gasteiger partial charge >= 0.3 is 0 Å². The molecule has 3 nitrogen and oxygen atoms in total. The van der Waals surface area contributed by atoms with E-state index >= 15 is 0 Å². The third kappa shape index (κ3) is 2.23. The number of likely N-dealkylation sites (N-methyl/N-ethyl adjacent to an activating group) is 1. The minimum absolute atomic E-state index is 0.683. The first-order valence-corrected chi connectivity index (χ1v) is 5.44. The molecule has 15 heavy (non-hydrogen) atoms. The number of hydrogen-bond acceptors (Lipinski definition) is 3. The Bertz CT molecular complexity index is 318. The van der Waals surface area contributed by atoms with Gasteiger partial charge in [-0.15, -0.1) is 0 Å². The Morgan fingerprint density at radius 3 is 2.47 bits per heavy atom. The summed E-state index contributed by atoms with van der Waals surface area (Å²) in [6.07, 6.45) is 1.25. The number of benzene rings is 1. The third-order valence-corrected chi connectivity index (χ3v) is 3.15. The molecule has 1 fully saturated rings. The maximum atomic E-state index is 5.67. The van der Waals surface area contributed by atoms with Gasteiger partial charge in [0.1, 0.15) is 0 Å². The van der Waals surface area contributed by atoms with Gasteiger partial charge in [-0.25, -0.2) is 0 Å². The van der Waals surface area contributed by atoms with Crippen LogP contribution >= 0.6 is 0 Å². The van der Waals surface area contributed by atoms with Gasteiger partial charge in [-0.05, 0) is 44.8 Å². The van der Waals surface area contributed by atoms with Crippen molar-refractivity contribution >= 4 is 11.4 Å². The van der Waals surface area contributed by atoms with Gasteiger partial charge in [0.05, 0.1) is 0 Å². The summed E-state index contributed by atoms with van der Waals surface area (Å²) in [5.41, 5.74) is 7.80. The first kappa shape index (κ1) is 10.3. The molecule has 1 aliphatic rings. The highest BCUT2D eigenvalue weighted by atomic mass is 15.2. The first-order chi connectivity index (χ1) is 7.16. The molecule has 1 atom stereocenters. The van der Waals surface area contributed by atoms with Gasteiger partial charge in [0, 0.05) is 30.5 Å². The van der Waals surface area contributed by atoms with E-state index in [1.165, 1.54) is 12.1 Å². The number of nitrogen functional groups attached to an aromatic ring is 1. The van der Waals surface area contributed by atoms with Crippen molar-refractivity contribution in [3.63, 3.8) is 0 Å². The van der Waals surface area contributed by atoms with Crippen molar-refractivity contribution in [3.8, 4) is 0 Å². The molecule has 0 spiro atoms. The minimum atomic E-state index is 0.683. The van der Waals surface area contributed by atoms with Gasteiger partial charge < -0.3 is 15.5 Å². The van der Waals surface area contributed by atoms with Crippen LogP contribution in [0, 0.1) is 0 Å². The highest BCUT2D eigenvalue weighted by Crippen LogP contribution is 2.22. The van der Waals surface area contributed by atoms with Crippen LogP contribution in [0.25, 0.3) is 0 Å². The van der Waals surface area contributed by atoms with E-state index in [0.717, 1.165) is 18.8 Å². The van der Waals surface area contributed by atoms with Gasteiger partial charge in [-0.1, -0.05) is 0 Å². The Balaban J connectivity index is 2.04. The molecule has 1 unspecified atom stereocenters. The fourth-order valence-electron chi connectivity index (χ4n) is 2.08. The Hall–Kier alpha value is -1.22. The van der Waals surface area contributed by atoms with Gasteiger partial charge in [-0.3, -0.25) is 0 Å². The Morgan fingerprint density at radius 2 is 1.93 bits per heavy atom. The normalized spacial score (nSPS) is 21.3.